The molecule has 4 rings (SSSR count). The van der Waals surface area contributed by atoms with Crippen molar-refractivity contribution in [2.75, 3.05) is 11.4 Å². The summed E-state index contributed by atoms with van der Waals surface area (Å²) in [5.41, 5.74) is 4.98. The molecular weight excluding hydrogens is 344 g/mol. The van der Waals surface area contributed by atoms with E-state index in [1.165, 1.54) is 6.92 Å². The Morgan fingerprint density at radius 1 is 1.26 bits per heavy atom. The molecule has 1 saturated heterocycles. The number of cyclic esters (lactones) is 1. The topological polar surface area (TPSA) is 78.9 Å². The maximum atomic E-state index is 12.3. The predicted octanol–water partition coefficient (Wildman–Crippen LogP) is 2.79. The molecule has 2 heterocycles. The predicted molar refractivity (Wildman–Crippen MR) is 101 cm³/mol. The Hall–Kier alpha value is -2.86. The molecule has 0 radical (unpaired) electrons. The number of aliphatic hydroxyl groups is 1. The lowest BCUT2D eigenvalue weighted by atomic mass is 9.98. The van der Waals surface area contributed by atoms with Crippen molar-refractivity contribution in [1.82, 2.24) is 5.32 Å². The largest absolute Gasteiger partial charge is 0.442 e. The van der Waals surface area contributed by atoms with Gasteiger partial charge in [-0.1, -0.05) is 30.3 Å². The lowest BCUT2D eigenvalue weighted by Gasteiger charge is -2.16. The number of benzene rings is 2. The molecule has 0 aromatic heterocycles. The molecule has 3 unspecified atom stereocenters. The Labute approximate surface area is 157 Å². The van der Waals surface area contributed by atoms with Crippen LogP contribution in [0.25, 0.3) is 11.1 Å². The van der Waals surface area contributed by atoms with E-state index in [9.17, 15) is 14.7 Å². The summed E-state index contributed by atoms with van der Waals surface area (Å²) in [6.07, 6.45) is -0.492. The van der Waals surface area contributed by atoms with Gasteiger partial charge in [0.1, 0.15) is 6.10 Å². The number of aliphatic hydroxyl groups excluding tert-OH is 1. The Morgan fingerprint density at radius 2 is 1.96 bits per heavy atom. The molecule has 1 fully saturated rings. The van der Waals surface area contributed by atoms with Crippen molar-refractivity contribution in [2.45, 2.75) is 38.5 Å². The summed E-state index contributed by atoms with van der Waals surface area (Å²) in [4.78, 5) is 25.2. The molecule has 2 aromatic carbocycles. The van der Waals surface area contributed by atoms with Crippen LogP contribution in [0.2, 0.25) is 0 Å². The summed E-state index contributed by atoms with van der Waals surface area (Å²) < 4.78 is 5.43. The minimum absolute atomic E-state index is 0.0905. The second kappa shape index (κ2) is 6.70. The van der Waals surface area contributed by atoms with E-state index < -0.39 is 6.10 Å². The van der Waals surface area contributed by atoms with Gasteiger partial charge in [0.15, 0.2) is 0 Å². The van der Waals surface area contributed by atoms with Crippen LogP contribution in [0.5, 0.6) is 0 Å². The molecule has 6 nitrogen and oxygen atoms in total. The molecule has 6 heteroatoms. The lowest BCUT2D eigenvalue weighted by molar-refractivity contribution is -0.119. The smallest absolute Gasteiger partial charge is 0.415 e. The molecule has 0 spiro atoms. The second-order valence-electron chi connectivity index (χ2n) is 7.14. The van der Waals surface area contributed by atoms with Crippen molar-refractivity contribution in [2.24, 2.45) is 0 Å². The first-order valence-corrected chi connectivity index (χ1v) is 9.09. The number of hydrogen-bond donors (Lipinski definition) is 2. The first-order valence-electron chi connectivity index (χ1n) is 9.09. The Morgan fingerprint density at radius 3 is 2.63 bits per heavy atom. The first kappa shape index (κ1) is 17.5. The van der Waals surface area contributed by atoms with Crippen LogP contribution in [0.4, 0.5) is 10.5 Å². The third-order valence-corrected chi connectivity index (χ3v) is 5.26. The Kier molecular flexibility index (Phi) is 4.36. The molecule has 2 aromatic rings. The van der Waals surface area contributed by atoms with E-state index in [0.717, 1.165) is 27.9 Å². The summed E-state index contributed by atoms with van der Waals surface area (Å²) in [7, 11) is 0. The second-order valence-corrected chi connectivity index (χ2v) is 7.14. The van der Waals surface area contributed by atoms with Crippen molar-refractivity contribution >= 4 is 17.7 Å². The van der Waals surface area contributed by atoms with Crippen molar-refractivity contribution < 1.29 is 19.4 Å². The highest BCUT2D eigenvalue weighted by Gasteiger charge is 2.47. The van der Waals surface area contributed by atoms with Crippen LogP contribution in [0.1, 0.15) is 31.1 Å². The van der Waals surface area contributed by atoms with E-state index in [-0.39, 0.29) is 24.1 Å². The third kappa shape index (κ3) is 3.17. The quantitative estimate of drug-likeness (QED) is 0.872. The minimum Gasteiger partial charge on any atom is -0.442 e. The van der Waals surface area contributed by atoms with Crippen LogP contribution in [0, 0.1) is 0 Å². The van der Waals surface area contributed by atoms with Gasteiger partial charge in [-0.2, -0.15) is 0 Å². The highest BCUT2D eigenvalue weighted by Crippen LogP contribution is 2.40. The summed E-state index contributed by atoms with van der Waals surface area (Å²) >= 11 is 0. The van der Waals surface area contributed by atoms with Crippen LogP contribution in [-0.2, 0) is 16.0 Å². The molecule has 140 valence electrons. The standard InChI is InChI=1S/C21H22N2O4/c1-12(24)14-3-5-15(6-4-14)16-7-8-18-17(9-16)10-19-20(11-22-13(2)25)27-21(26)23(18)19/h3-9,12,19-20,24H,10-11H2,1-2H3,(H,22,25). The average molecular weight is 366 g/mol. The van der Waals surface area contributed by atoms with Crippen molar-refractivity contribution in [3.8, 4) is 11.1 Å². The van der Waals surface area contributed by atoms with Gasteiger partial charge in [0, 0.05) is 6.92 Å². The van der Waals surface area contributed by atoms with Crippen molar-refractivity contribution in [1.29, 1.82) is 0 Å². The zero-order chi connectivity index (χ0) is 19.1. The van der Waals surface area contributed by atoms with E-state index in [0.29, 0.717) is 13.0 Å². The number of nitrogens with zero attached hydrogens (tertiary/aromatic N) is 1. The molecule has 27 heavy (non-hydrogen) atoms. The van der Waals surface area contributed by atoms with E-state index in [4.69, 9.17) is 4.74 Å². The Bertz CT molecular complexity index is 892. The molecule has 0 bridgehead atoms. The number of nitrogens with one attached hydrogen (secondary N) is 1. The first-order chi connectivity index (χ1) is 12.9. The van der Waals surface area contributed by atoms with Gasteiger partial charge in [0.05, 0.1) is 24.4 Å². The highest BCUT2D eigenvalue weighted by atomic mass is 16.6. The van der Waals surface area contributed by atoms with Crippen LogP contribution >= 0.6 is 0 Å². The van der Waals surface area contributed by atoms with Gasteiger partial charge in [0.2, 0.25) is 5.91 Å². The third-order valence-electron chi connectivity index (χ3n) is 5.26. The summed E-state index contributed by atoms with van der Waals surface area (Å²) in [5, 5.41) is 12.4. The lowest BCUT2D eigenvalue weighted by Crippen LogP contribution is -2.40. The van der Waals surface area contributed by atoms with E-state index in [2.05, 4.69) is 11.4 Å². The van der Waals surface area contributed by atoms with Crippen LogP contribution in [-0.4, -0.2) is 35.8 Å². The average Bonchev–Trinajstić information content (AvgIpc) is 3.17. The number of fused-ring (bicyclic) bond motifs is 3. The number of amides is 2. The van der Waals surface area contributed by atoms with Gasteiger partial charge in [-0.3, -0.25) is 9.69 Å². The summed E-state index contributed by atoms with van der Waals surface area (Å²) in [6.45, 7) is 3.52. The van der Waals surface area contributed by atoms with Crippen LogP contribution in [0.15, 0.2) is 42.5 Å². The number of anilines is 1. The van der Waals surface area contributed by atoms with Crippen LogP contribution in [0.3, 0.4) is 0 Å². The molecular formula is C21H22N2O4. The zero-order valence-electron chi connectivity index (χ0n) is 15.3. The molecule has 0 aliphatic carbocycles. The maximum Gasteiger partial charge on any atom is 0.415 e. The van der Waals surface area contributed by atoms with Gasteiger partial charge >= 0.3 is 6.09 Å². The van der Waals surface area contributed by atoms with Gasteiger partial charge in [-0.25, -0.2) is 4.79 Å². The minimum atomic E-state index is -0.488. The molecule has 3 atom stereocenters. The van der Waals surface area contributed by atoms with Crippen molar-refractivity contribution in [3.05, 3.63) is 53.6 Å². The fourth-order valence-corrected chi connectivity index (χ4v) is 3.83. The zero-order valence-corrected chi connectivity index (χ0v) is 15.3. The normalized spacial score (nSPS) is 21.4. The van der Waals surface area contributed by atoms with E-state index in [1.54, 1.807) is 11.8 Å². The molecule has 2 N–H and O–H groups in total. The SMILES string of the molecule is CC(=O)NCC1OC(=O)N2c3ccc(-c4ccc(C(C)O)cc4)cc3CC12. The number of rotatable bonds is 4. The molecule has 2 aliphatic rings. The van der Waals surface area contributed by atoms with Crippen LogP contribution < -0.4 is 10.2 Å². The number of carbonyl (C=O) groups is 2. The van der Waals surface area contributed by atoms with Gasteiger partial charge in [0.25, 0.3) is 0 Å². The number of hydrogen-bond acceptors (Lipinski definition) is 4. The summed E-state index contributed by atoms with van der Waals surface area (Å²) in [5.74, 6) is -0.136. The summed E-state index contributed by atoms with van der Waals surface area (Å²) in [6, 6.07) is 13.8. The van der Waals surface area contributed by atoms with E-state index in [1.807, 2.05) is 36.4 Å². The highest BCUT2D eigenvalue weighted by molar-refractivity contribution is 5.94. The van der Waals surface area contributed by atoms with Gasteiger partial charge < -0.3 is 15.2 Å². The number of ether oxygens (including phenoxy) is 1. The van der Waals surface area contributed by atoms with E-state index >= 15 is 0 Å². The van der Waals surface area contributed by atoms with Gasteiger partial charge in [-0.15, -0.1) is 0 Å². The number of carbonyl (C=O) groups excluding carboxylic acids is 2. The molecule has 0 saturated carbocycles. The molecule has 2 aliphatic heterocycles. The molecule has 2 amide bonds. The monoisotopic (exact) mass is 366 g/mol. The fraction of sp³-hybridized carbons (Fsp3) is 0.333. The van der Waals surface area contributed by atoms with Crippen molar-refractivity contribution in [3.63, 3.8) is 0 Å². The fourth-order valence-electron chi connectivity index (χ4n) is 3.83. The Balaban J connectivity index is 1.58. The maximum absolute atomic E-state index is 12.3. The van der Waals surface area contributed by atoms with Gasteiger partial charge in [-0.05, 0) is 47.7 Å².